The zero-order valence-electron chi connectivity index (χ0n) is 14.1. The Morgan fingerprint density at radius 1 is 1.32 bits per heavy atom. The topological polar surface area (TPSA) is 87.0 Å². The molecular formula is C18H21N5O2. The van der Waals surface area contributed by atoms with E-state index in [0.29, 0.717) is 24.3 Å². The van der Waals surface area contributed by atoms with Crippen molar-refractivity contribution >= 4 is 16.8 Å². The number of amides is 1. The van der Waals surface area contributed by atoms with Crippen LogP contribution in [0.1, 0.15) is 48.0 Å². The third-order valence-electron chi connectivity index (χ3n) is 4.88. The molecule has 3 aromatic rings. The Labute approximate surface area is 145 Å². The highest BCUT2D eigenvalue weighted by atomic mass is 16.3. The number of likely N-dealkylation sites (tertiary alicyclic amines) is 1. The van der Waals surface area contributed by atoms with Crippen LogP contribution in [0.4, 0.5) is 0 Å². The summed E-state index contributed by atoms with van der Waals surface area (Å²) in [7, 11) is 0. The van der Waals surface area contributed by atoms with E-state index in [2.05, 4.69) is 15.3 Å². The molecule has 0 bridgehead atoms. The van der Waals surface area contributed by atoms with Gasteiger partial charge in [-0.3, -0.25) is 4.79 Å². The Bertz CT molecular complexity index is 890. The predicted octanol–water partition coefficient (Wildman–Crippen LogP) is 2.29. The van der Waals surface area contributed by atoms with E-state index in [0.717, 1.165) is 23.7 Å². The molecule has 1 saturated heterocycles. The quantitative estimate of drug-likeness (QED) is 0.766. The third kappa shape index (κ3) is 3.02. The highest BCUT2D eigenvalue weighted by molar-refractivity contribution is 5.98. The highest BCUT2D eigenvalue weighted by Gasteiger charge is 2.25. The fourth-order valence-electron chi connectivity index (χ4n) is 3.36. The lowest BCUT2D eigenvalue weighted by Crippen LogP contribution is -2.39. The molecule has 25 heavy (non-hydrogen) atoms. The number of hydrogen-bond donors (Lipinski definition) is 2. The van der Waals surface area contributed by atoms with Crippen molar-refractivity contribution in [1.82, 2.24) is 24.9 Å². The van der Waals surface area contributed by atoms with Gasteiger partial charge in [0, 0.05) is 30.4 Å². The minimum absolute atomic E-state index is 0.0678. The maximum Gasteiger partial charge on any atom is 0.253 e. The minimum atomic E-state index is -0.613. The molecular weight excluding hydrogens is 318 g/mol. The van der Waals surface area contributed by atoms with Crippen LogP contribution in [-0.2, 0) is 0 Å². The molecule has 2 N–H and O–H groups in total. The number of piperidine rings is 1. The smallest absolute Gasteiger partial charge is 0.253 e. The second-order valence-electron chi connectivity index (χ2n) is 6.60. The molecule has 0 spiro atoms. The number of H-pyrrole nitrogens is 1. The van der Waals surface area contributed by atoms with Gasteiger partial charge in [0.25, 0.3) is 5.91 Å². The molecule has 130 valence electrons. The number of hydrogen-bond acceptors (Lipinski definition) is 4. The first-order valence-electron chi connectivity index (χ1n) is 8.58. The fourth-order valence-corrected chi connectivity index (χ4v) is 3.36. The van der Waals surface area contributed by atoms with Crippen molar-refractivity contribution in [2.75, 3.05) is 13.1 Å². The van der Waals surface area contributed by atoms with Crippen molar-refractivity contribution in [2.45, 2.75) is 31.9 Å². The van der Waals surface area contributed by atoms with E-state index < -0.39 is 6.10 Å². The number of aromatic amines is 1. The van der Waals surface area contributed by atoms with Gasteiger partial charge in [-0.05, 0) is 43.4 Å². The molecule has 2 aromatic heterocycles. The van der Waals surface area contributed by atoms with Crippen molar-refractivity contribution in [3.63, 3.8) is 0 Å². The van der Waals surface area contributed by atoms with Crippen molar-refractivity contribution < 1.29 is 9.90 Å². The second kappa shape index (κ2) is 6.33. The van der Waals surface area contributed by atoms with E-state index in [1.54, 1.807) is 13.1 Å². The lowest BCUT2D eigenvalue weighted by molar-refractivity contribution is 0.0689. The van der Waals surface area contributed by atoms with E-state index in [9.17, 15) is 9.90 Å². The van der Waals surface area contributed by atoms with Gasteiger partial charge in [0.2, 0.25) is 0 Å². The van der Waals surface area contributed by atoms with Crippen LogP contribution in [0.5, 0.6) is 0 Å². The number of rotatable bonds is 3. The van der Waals surface area contributed by atoms with Gasteiger partial charge in [0.05, 0.1) is 18.3 Å². The van der Waals surface area contributed by atoms with Crippen LogP contribution in [0.25, 0.3) is 10.9 Å². The van der Waals surface area contributed by atoms with E-state index in [1.807, 2.05) is 40.0 Å². The number of carbonyl (C=O) groups excluding carboxylic acids is 1. The fraction of sp³-hybridized carbons (Fsp3) is 0.389. The zero-order valence-corrected chi connectivity index (χ0v) is 14.1. The molecule has 1 amide bonds. The van der Waals surface area contributed by atoms with Crippen LogP contribution < -0.4 is 0 Å². The summed E-state index contributed by atoms with van der Waals surface area (Å²) in [5.41, 5.74) is 2.28. The number of carbonyl (C=O) groups is 1. The Morgan fingerprint density at radius 3 is 2.84 bits per heavy atom. The van der Waals surface area contributed by atoms with Gasteiger partial charge in [-0.25, -0.2) is 4.68 Å². The van der Waals surface area contributed by atoms with Gasteiger partial charge >= 0.3 is 0 Å². The monoisotopic (exact) mass is 339 g/mol. The molecule has 1 aliphatic rings. The molecule has 0 radical (unpaired) electrons. The lowest BCUT2D eigenvalue weighted by atomic mass is 10.0. The summed E-state index contributed by atoms with van der Waals surface area (Å²) in [6.45, 7) is 3.06. The van der Waals surface area contributed by atoms with E-state index in [1.165, 1.54) is 0 Å². The molecule has 7 nitrogen and oxygen atoms in total. The summed E-state index contributed by atoms with van der Waals surface area (Å²) in [6.07, 6.45) is 4.73. The minimum Gasteiger partial charge on any atom is -0.387 e. The molecule has 7 heteroatoms. The largest absolute Gasteiger partial charge is 0.387 e. The van der Waals surface area contributed by atoms with Crippen molar-refractivity contribution in [3.8, 4) is 0 Å². The van der Waals surface area contributed by atoms with E-state index >= 15 is 0 Å². The first-order valence-corrected chi connectivity index (χ1v) is 8.58. The molecule has 1 fully saturated rings. The molecule has 1 aromatic carbocycles. The molecule has 4 rings (SSSR count). The van der Waals surface area contributed by atoms with Crippen LogP contribution in [0.2, 0.25) is 0 Å². The number of nitrogens with one attached hydrogen (secondary N) is 1. The van der Waals surface area contributed by atoms with Crippen LogP contribution in [0.3, 0.4) is 0 Å². The van der Waals surface area contributed by atoms with Crippen LogP contribution in [0.15, 0.2) is 36.7 Å². The molecule has 0 saturated carbocycles. The van der Waals surface area contributed by atoms with Crippen molar-refractivity contribution in [3.05, 3.63) is 47.9 Å². The molecule has 0 aliphatic carbocycles. The molecule has 0 unspecified atom stereocenters. The van der Waals surface area contributed by atoms with Crippen molar-refractivity contribution in [2.24, 2.45) is 0 Å². The number of fused-ring (bicyclic) bond motifs is 1. The second-order valence-corrected chi connectivity index (χ2v) is 6.60. The molecule has 1 atom stereocenters. The van der Waals surface area contributed by atoms with Crippen molar-refractivity contribution in [1.29, 1.82) is 0 Å². The van der Waals surface area contributed by atoms with Gasteiger partial charge in [-0.15, -0.1) is 5.10 Å². The Morgan fingerprint density at radius 2 is 2.12 bits per heavy atom. The van der Waals surface area contributed by atoms with E-state index in [-0.39, 0.29) is 11.9 Å². The summed E-state index contributed by atoms with van der Waals surface area (Å²) in [6, 6.07) is 7.98. The van der Waals surface area contributed by atoms with Gasteiger partial charge in [0.1, 0.15) is 5.69 Å². The summed E-state index contributed by atoms with van der Waals surface area (Å²) in [5.74, 6) is 0.0678. The zero-order chi connectivity index (χ0) is 17.4. The summed E-state index contributed by atoms with van der Waals surface area (Å²) >= 11 is 0. The number of aliphatic hydroxyl groups excluding tert-OH is 1. The summed E-state index contributed by atoms with van der Waals surface area (Å²) in [4.78, 5) is 17.8. The molecule has 3 heterocycles. The average Bonchev–Trinajstić information content (AvgIpc) is 3.30. The SMILES string of the molecule is C[C@H](O)c1cn(C2CCN(C(=O)c3ccc4cc[nH]c4c3)CC2)nn1. The van der Waals surface area contributed by atoms with E-state index in [4.69, 9.17) is 0 Å². The van der Waals surface area contributed by atoms with Gasteiger partial charge in [0.15, 0.2) is 0 Å². The Kier molecular flexibility index (Phi) is 4.01. The number of aromatic nitrogens is 4. The summed E-state index contributed by atoms with van der Waals surface area (Å²) < 4.78 is 1.81. The first kappa shape index (κ1) is 15.8. The van der Waals surface area contributed by atoms with Crippen LogP contribution in [-0.4, -0.2) is 49.0 Å². The lowest BCUT2D eigenvalue weighted by Gasteiger charge is -2.32. The van der Waals surface area contributed by atoms with Gasteiger partial charge in [-0.2, -0.15) is 0 Å². The van der Waals surface area contributed by atoms with Gasteiger partial charge < -0.3 is 15.0 Å². The highest BCUT2D eigenvalue weighted by Crippen LogP contribution is 2.24. The first-order chi connectivity index (χ1) is 12.1. The van der Waals surface area contributed by atoms with Gasteiger partial charge in [-0.1, -0.05) is 11.3 Å². The standard InChI is InChI=1S/C18H21N5O2/c1-12(24)17-11-23(21-20-17)15-5-8-22(9-6-15)18(25)14-3-2-13-4-7-19-16(13)10-14/h2-4,7,10-12,15,19,24H,5-6,8-9H2,1H3/t12-/m0/s1. The Balaban J connectivity index is 1.42. The average molecular weight is 339 g/mol. The molecule has 1 aliphatic heterocycles. The summed E-state index contributed by atoms with van der Waals surface area (Å²) in [5, 5.41) is 18.8. The number of benzene rings is 1. The predicted molar refractivity (Wildman–Crippen MR) is 93.1 cm³/mol. The third-order valence-corrected chi connectivity index (χ3v) is 4.88. The Hall–Kier alpha value is -2.67. The maximum absolute atomic E-state index is 12.7. The number of aliphatic hydroxyl groups is 1. The van der Waals surface area contributed by atoms with Crippen LogP contribution in [0, 0.1) is 0 Å². The maximum atomic E-state index is 12.7. The van der Waals surface area contributed by atoms with Crippen LogP contribution >= 0.6 is 0 Å². The normalized spacial score (nSPS) is 17.1. The number of nitrogens with zero attached hydrogens (tertiary/aromatic N) is 4.